The van der Waals surface area contributed by atoms with Crippen LogP contribution in [-0.4, -0.2) is 5.91 Å². The number of nitrogens with two attached hydrogens (primary N) is 1. The molecule has 0 radical (unpaired) electrons. The molecule has 0 aliphatic rings. The molecule has 1 aromatic rings. The van der Waals surface area contributed by atoms with Crippen molar-refractivity contribution in [3.05, 3.63) is 35.4 Å². The van der Waals surface area contributed by atoms with Crippen LogP contribution < -0.4 is 11.3 Å². The van der Waals surface area contributed by atoms with Gasteiger partial charge in [-0.2, -0.15) is 0 Å². The summed E-state index contributed by atoms with van der Waals surface area (Å²) >= 11 is 0. The number of hydrogen-bond donors (Lipinski definition) is 2. The molecule has 0 saturated carbocycles. The van der Waals surface area contributed by atoms with Crippen molar-refractivity contribution in [3.8, 4) is 0 Å². The van der Waals surface area contributed by atoms with Gasteiger partial charge in [-0.15, -0.1) is 0 Å². The van der Waals surface area contributed by atoms with Gasteiger partial charge in [-0.25, -0.2) is 5.84 Å². The molecular formula is C13H20N2O. The molecule has 0 aromatic heterocycles. The van der Waals surface area contributed by atoms with E-state index < -0.39 is 0 Å². The third-order valence-corrected chi connectivity index (χ3v) is 2.66. The number of carbonyl (C=O) groups is 1. The first-order chi connectivity index (χ1) is 7.54. The summed E-state index contributed by atoms with van der Waals surface area (Å²) in [4.78, 5) is 11.3. The van der Waals surface area contributed by atoms with Crippen LogP contribution in [-0.2, 0) is 11.2 Å². The van der Waals surface area contributed by atoms with Crippen LogP contribution >= 0.6 is 0 Å². The van der Waals surface area contributed by atoms with Crippen molar-refractivity contribution in [2.24, 2.45) is 11.8 Å². The number of rotatable bonds is 4. The molecule has 0 bridgehead atoms. The average molecular weight is 220 g/mol. The van der Waals surface area contributed by atoms with Crippen molar-refractivity contribution in [1.82, 2.24) is 5.43 Å². The smallest absolute Gasteiger partial charge is 0.241 e. The summed E-state index contributed by atoms with van der Waals surface area (Å²) < 4.78 is 0. The molecule has 0 saturated heterocycles. The Labute approximate surface area is 97.0 Å². The van der Waals surface area contributed by atoms with E-state index in [4.69, 9.17) is 5.84 Å². The van der Waals surface area contributed by atoms with Crippen molar-refractivity contribution in [2.75, 3.05) is 0 Å². The first-order valence-corrected chi connectivity index (χ1v) is 5.64. The number of amides is 1. The number of hydrazine groups is 1. The minimum Gasteiger partial charge on any atom is -0.294 e. The van der Waals surface area contributed by atoms with E-state index >= 15 is 0 Å². The molecule has 3 N–H and O–H groups in total. The molecule has 1 rings (SSSR count). The molecule has 3 heteroatoms. The van der Waals surface area contributed by atoms with Gasteiger partial charge in [0.2, 0.25) is 5.91 Å². The van der Waals surface area contributed by atoms with E-state index in [0.29, 0.717) is 5.92 Å². The van der Waals surface area contributed by atoms with E-state index in [-0.39, 0.29) is 11.8 Å². The summed E-state index contributed by atoms with van der Waals surface area (Å²) in [7, 11) is 0. The van der Waals surface area contributed by atoms with Gasteiger partial charge in [-0.05, 0) is 30.4 Å². The Kier molecular flexibility index (Phi) is 4.50. The highest BCUT2D eigenvalue weighted by molar-refractivity contribution is 5.82. The lowest BCUT2D eigenvalue weighted by Crippen LogP contribution is -2.33. The van der Waals surface area contributed by atoms with Gasteiger partial charge in [0.15, 0.2) is 0 Å². The standard InChI is InChI=1S/C13H20N2O/c1-9(2)8-11-4-6-12(7-5-11)10(3)13(16)15-14/h4-7,9-10H,8,14H2,1-3H3,(H,15,16). The molecule has 0 aliphatic carbocycles. The Morgan fingerprint density at radius 3 is 2.25 bits per heavy atom. The highest BCUT2D eigenvalue weighted by atomic mass is 16.2. The third-order valence-electron chi connectivity index (χ3n) is 2.66. The van der Waals surface area contributed by atoms with E-state index in [1.807, 2.05) is 19.1 Å². The normalized spacial score (nSPS) is 12.6. The van der Waals surface area contributed by atoms with Gasteiger partial charge in [0.05, 0.1) is 5.92 Å². The van der Waals surface area contributed by atoms with Crippen LogP contribution in [0.3, 0.4) is 0 Å². The summed E-state index contributed by atoms with van der Waals surface area (Å²) in [5.41, 5.74) is 4.47. The number of benzene rings is 1. The Morgan fingerprint density at radius 2 is 1.81 bits per heavy atom. The third kappa shape index (κ3) is 3.35. The maximum atomic E-state index is 11.3. The summed E-state index contributed by atoms with van der Waals surface area (Å²) in [5, 5.41) is 0. The molecule has 1 amide bonds. The van der Waals surface area contributed by atoms with Gasteiger partial charge in [-0.3, -0.25) is 10.2 Å². The summed E-state index contributed by atoms with van der Waals surface area (Å²) in [6.07, 6.45) is 1.07. The van der Waals surface area contributed by atoms with Crippen molar-refractivity contribution >= 4 is 5.91 Å². The molecule has 0 aliphatic heterocycles. The highest BCUT2D eigenvalue weighted by Crippen LogP contribution is 2.17. The summed E-state index contributed by atoms with van der Waals surface area (Å²) in [5.74, 6) is 5.40. The summed E-state index contributed by atoms with van der Waals surface area (Å²) in [6, 6.07) is 8.15. The van der Waals surface area contributed by atoms with Gasteiger partial charge in [0.1, 0.15) is 0 Å². The molecule has 16 heavy (non-hydrogen) atoms. The topological polar surface area (TPSA) is 55.1 Å². The first-order valence-electron chi connectivity index (χ1n) is 5.64. The van der Waals surface area contributed by atoms with Crippen molar-refractivity contribution in [3.63, 3.8) is 0 Å². The van der Waals surface area contributed by atoms with Gasteiger partial charge >= 0.3 is 0 Å². The van der Waals surface area contributed by atoms with E-state index in [9.17, 15) is 4.79 Å². The molecule has 1 aromatic carbocycles. The van der Waals surface area contributed by atoms with E-state index in [2.05, 4.69) is 31.4 Å². The number of nitrogens with one attached hydrogen (secondary N) is 1. The van der Waals surface area contributed by atoms with Gasteiger partial charge in [0, 0.05) is 0 Å². The minimum atomic E-state index is -0.196. The van der Waals surface area contributed by atoms with Crippen LogP contribution in [0.4, 0.5) is 0 Å². The first kappa shape index (κ1) is 12.7. The molecule has 88 valence electrons. The van der Waals surface area contributed by atoms with Crippen molar-refractivity contribution in [1.29, 1.82) is 0 Å². The van der Waals surface area contributed by atoms with Crippen LogP contribution in [0.25, 0.3) is 0 Å². The van der Waals surface area contributed by atoms with Crippen LogP contribution in [0, 0.1) is 5.92 Å². The van der Waals surface area contributed by atoms with Crippen molar-refractivity contribution < 1.29 is 4.79 Å². The summed E-state index contributed by atoms with van der Waals surface area (Å²) in [6.45, 7) is 6.23. The Balaban J connectivity index is 2.74. The quantitative estimate of drug-likeness (QED) is 0.463. The number of carbonyl (C=O) groups excluding carboxylic acids is 1. The lowest BCUT2D eigenvalue weighted by atomic mass is 9.96. The van der Waals surface area contributed by atoms with E-state index in [1.165, 1.54) is 5.56 Å². The maximum Gasteiger partial charge on any atom is 0.241 e. The minimum absolute atomic E-state index is 0.156. The lowest BCUT2D eigenvalue weighted by Gasteiger charge is -2.11. The van der Waals surface area contributed by atoms with Crippen LogP contribution in [0.15, 0.2) is 24.3 Å². The van der Waals surface area contributed by atoms with Crippen LogP contribution in [0.5, 0.6) is 0 Å². The second-order valence-electron chi connectivity index (χ2n) is 4.57. The maximum absolute atomic E-state index is 11.3. The van der Waals surface area contributed by atoms with Crippen LogP contribution in [0.2, 0.25) is 0 Å². The lowest BCUT2D eigenvalue weighted by molar-refractivity contribution is -0.122. The molecule has 0 heterocycles. The highest BCUT2D eigenvalue weighted by Gasteiger charge is 2.13. The monoisotopic (exact) mass is 220 g/mol. The SMILES string of the molecule is CC(C)Cc1ccc(C(C)C(=O)NN)cc1. The number of hydrogen-bond acceptors (Lipinski definition) is 2. The Hall–Kier alpha value is -1.35. The zero-order chi connectivity index (χ0) is 12.1. The van der Waals surface area contributed by atoms with Crippen molar-refractivity contribution in [2.45, 2.75) is 33.1 Å². The predicted octanol–water partition coefficient (Wildman–Crippen LogP) is 1.98. The zero-order valence-electron chi connectivity index (χ0n) is 10.2. The molecule has 1 atom stereocenters. The van der Waals surface area contributed by atoms with Gasteiger partial charge in [-0.1, -0.05) is 38.1 Å². The Bertz CT molecular complexity index is 343. The molecule has 0 spiro atoms. The predicted molar refractivity (Wildman–Crippen MR) is 65.7 cm³/mol. The second-order valence-corrected chi connectivity index (χ2v) is 4.57. The average Bonchev–Trinajstić information content (AvgIpc) is 2.27. The fourth-order valence-corrected chi connectivity index (χ4v) is 1.69. The van der Waals surface area contributed by atoms with E-state index in [1.54, 1.807) is 0 Å². The zero-order valence-corrected chi connectivity index (χ0v) is 10.2. The molecule has 1 unspecified atom stereocenters. The van der Waals surface area contributed by atoms with E-state index in [0.717, 1.165) is 12.0 Å². The molecular weight excluding hydrogens is 200 g/mol. The fourth-order valence-electron chi connectivity index (χ4n) is 1.69. The largest absolute Gasteiger partial charge is 0.294 e. The fraction of sp³-hybridized carbons (Fsp3) is 0.462. The second kappa shape index (κ2) is 5.66. The molecule has 0 fully saturated rings. The Morgan fingerprint density at radius 1 is 1.25 bits per heavy atom. The molecule has 3 nitrogen and oxygen atoms in total. The van der Waals surface area contributed by atoms with Gasteiger partial charge in [0.25, 0.3) is 0 Å². The van der Waals surface area contributed by atoms with Gasteiger partial charge < -0.3 is 0 Å². The van der Waals surface area contributed by atoms with Crippen LogP contribution in [0.1, 0.15) is 37.8 Å².